The van der Waals surface area contributed by atoms with Gasteiger partial charge in [0.15, 0.2) is 0 Å². The highest BCUT2D eigenvalue weighted by Gasteiger charge is 2.38. The number of amides is 3. The van der Waals surface area contributed by atoms with E-state index in [0.717, 1.165) is 12.8 Å². The monoisotopic (exact) mass is 499 g/mol. The average Bonchev–Trinajstić information content (AvgIpc) is 2.80. The maximum absolute atomic E-state index is 14.0. The highest BCUT2D eigenvalue weighted by Crippen LogP contribution is 2.26. The van der Waals surface area contributed by atoms with Crippen LogP contribution in [0, 0.1) is 18.3 Å². The van der Waals surface area contributed by atoms with Crippen molar-refractivity contribution in [2.24, 2.45) is 5.92 Å². The SMILES string of the molecule is C#Cc1ccc(C(C(=O)NC(C)CCC)N(CCC)C(=O)C(NC(=O)OC(C)(C)C)C(C)CC)cc1. The molecule has 0 bridgehead atoms. The van der Waals surface area contributed by atoms with Gasteiger partial charge in [-0.05, 0) is 64.2 Å². The van der Waals surface area contributed by atoms with Crippen molar-refractivity contribution in [3.05, 3.63) is 35.4 Å². The molecule has 0 aromatic heterocycles. The fourth-order valence-electron chi connectivity index (χ4n) is 3.97. The van der Waals surface area contributed by atoms with E-state index in [-0.39, 0.29) is 23.8 Å². The molecule has 7 nitrogen and oxygen atoms in total. The van der Waals surface area contributed by atoms with E-state index in [2.05, 4.69) is 23.5 Å². The second-order valence-electron chi connectivity index (χ2n) is 10.4. The third-order valence-corrected chi connectivity index (χ3v) is 5.96. The molecular formula is C29H45N3O4. The normalized spacial score (nSPS) is 14.5. The fraction of sp³-hybridized carbons (Fsp3) is 0.621. The van der Waals surface area contributed by atoms with Crippen LogP contribution in [-0.4, -0.2) is 47.0 Å². The Morgan fingerprint density at radius 1 is 1.03 bits per heavy atom. The first-order valence-electron chi connectivity index (χ1n) is 13.0. The van der Waals surface area contributed by atoms with E-state index in [9.17, 15) is 14.4 Å². The fourth-order valence-corrected chi connectivity index (χ4v) is 3.97. The summed E-state index contributed by atoms with van der Waals surface area (Å²) in [6, 6.07) is 5.37. The summed E-state index contributed by atoms with van der Waals surface area (Å²) in [6.45, 7) is 15.5. The summed E-state index contributed by atoms with van der Waals surface area (Å²) in [6.07, 6.45) is 7.92. The summed E-state index contributed by atoms with van der Waals surface area (Å²) < 4.78 is 5.43. The van der Waals surface area contributed by atoms with Crippen molar-refractivity contribution in [3.63, 3.8) is 0 Å². The van der Waals surface area contributed by atoms with Crippen LogP contribution in [0.2, 0.25) is 0 Å². The number of nitrogens with zero attached hydrogens (tertiary/aromatic N) is 1. The smallest absolute Gasteiger partial charge is 0.408 e. The lowest BCUT2D eigenvalue weighted by Gasteiger charge is -2.36. The molecule has 0 saturated heterocycles. The van der Waals surface area contributed by atoms with Crippen LogP contribution >= 0.6 is 0 Å². The van der Waals surface area contributed by atoms with Crippen LogP contribution in [0.1, 0.15) is 98.2 Å². The lowest BCUT2D eigenvalue weighted by atomic mass is 9.95. The van der Waals surface area contributed by atoms with Gasteiger partial charge in [0.25, 0.3) is 0 Å². The molecule has 0 saturated carbocycles. The van der Waals surface area contributed by atoms with Crippen molar-refractivity contribution < 1.29 is 19.1 Å². The molecule has 0 aliphatic heterocycles. The van der Waals surface area contributed by atoms with Gasteiger partial charge in [0.2, 0.25) is 11.8 Å². The van der Waals surface area contributed by atoms with Gasteiger partial charge >= 0.3 is 6.09 Å². The second-order valence-corrected chi connectivity index (χ2v) is 10.4. The number of hydrogen-bond donors (Lipinski definition) is 2. The maximum Gasteiger partial charge on any atom is 0.408 e. The molecule has 4 unspecified atom stereocenters. The molecule has 200 valence electrons. The number of alkyl carbamates (subject to hydrolysis) is 1. The average molecular weight is 500 g/mol. The minimum Gasteiger partial charge on any atom is -0.444 e. The van der Waals surface area contributed by atoms with Crippen LogP contribution in [0.3, 0.4) is 0 Å². The predicted octanol–water partition coefficient (Wildman–Crippen LogP) is 5.19. The van der Waals surface area contributed by atoms with Gasteiger partial charge in [-0.1, -0.05) is 58.6 Å². The number of carbonyl (C=O) groups excluding carboxylic acids is 3. The minimum absolute atomic E-state index is 0.0428. The molecule has 7 heteroatoms. The number of terminal acetylenes is 1. The zero-order valence-electron chi connectivity index (χ0n) is 23.3. The Labute approximate surface area is 217 Å². The van der Waals surface area contributed by atoms with Gasteiger partial charge in [-0.25, -0.2) is 4.79 Å². The molecule has 2 N–H and O–H groups in total. The van der Waals surface area contributed by atoms with E-state index in [4.69, 9.17) is 11.2 Å². The van der Waals surface area contributed by atoms with Crippen LogP contribution in [-0.2, 0) is 14.3 Å². The van der Waals surface area contributed by atoms with Crippen LogP contribution in [0.5, 0.6) is 0 Å². The summed E-state index contributed by atoms with van der Waals surface area (Å²) in [5.74, 6) is 1.84. The summed E-state index contributed by atoms with van der Waals surface area (Å²) in [7, 11) is 0. The lowest BCUT2D eigenvalue weighted by Crippen LogP contribution is -2.55. The molecule has 1 rings (SSSR count). The highest BCUT2D eigenvalue weighted by molar-refractivity contribution is 5.92. The number of hydrogen-bond acceptors (Lipinski definition) is 4. The van der Waals surface area contributed by atoms with E-state index >= 15 is 0 Å². The number of benzene rings is 1. The molecule has 36 heavy (non-hydrogen) atoms. The van der Waals surface area contributed by atoms with Crippen LogP contribution < -0.4 is 10.6 Å². The molecule has 1 aromatic rings. The summed E-state index contributed by atoms with van der Waals surface area (Å²) >= 11 is 0. The van der Waals surface area contributed by atoms with Crippen molar-refractivity contribution in [2.45, 2.75) is 105 Å². The van der Waals surface area contributed by atoms with E-state index in [0.29, 0.717) is 30.5 Å². The van der Waals surface area contributed by atoms with Crippen LogP contribution in [0.4, 0.5) is 4.79 Å². The summed E-state index contributed by atoms with van der Waals surface area (Å²) in [5.41, 5.74) is 0.652. The highest BCUT2D eigenvalue weighted by atomic mass is 16.6. The van der Waals surface area contributed by atoms with Crippen molar-refractivity contribution in [3.8, 4) is 12.3 Å². The van der Waals surface area contributed by atoms with Gasteiger partial charge in [0.05, 0.1) is 0 Å². The Hall–Kier alpha value is -3.01. The Morgan fingerprint density at radius 2 is 1.64 bits per heavy atom. The molecule has 0 radical (unpaired) electrons. The van der Waals surface area contributed by atoms with Crippen LogP contribution in [0.25, 0.3) is 0 Å². The van der Waals surface area contributed by atoms with Crippen molar-refractivity contribution in [2.75, 3.05) is 6.54 Å². The van der Waals surface area contributed by atoms with Gasteiger partial charge in [-0.2, -0.15) is 0 Å². The number of rotatable bonds is 12. The lowest BCUT2D eigenvalue weighted by molar-refractivity contribution is -0.143. The molecular weight excluding hydrogens is 454 g/mol. The Bertz CT molecular complexity index is 899. The third kappa shape index (κ3) is 9.56. The van der Waals surface area contributed by atoms with E-state index < -0.39 is 23.8 Å². The molecule has 3 amide bonds. The molecule has 0 fully saturated rings. The Kier molecular flexibility index (Phi) is 12.5. The zero-order valence-corrected chi connectivity index (χ0v) is 23.3. The van der Waals surface area contributed by atoms with E-state index in [1.807, 2.05) is 27.7 Å². The zero-order chi connectivity index (χ0) is 27.5. The molecule has 0 spiro atoms. The molecule has 0 heterocycles. The van der Waals surface area contributed by atoms with E-state index in [1.165, 1.54) is 0 Å². The van der Waals surface area contributed by atoms with E-state index in [1.54, 1.807) is 49.9 Å². The Balaban J connectivity index is 3.48. The topological polar surface area (TPSA) is 87.7 Å². The number of carbonyl (C=O) groups is 3. The quantitative estimate of drug-likeness (QED) is 0.387. The van der Waals surface area contributed by atoms with Gasteiger partial charge in [0, 0.05) is 18.2 Å². The standard InChI is InChI=1S/C29H45N3O4/c1-10-14-21(6)30-26(33)25(23-17-15-22(13-4)16-18-23)32(19-11-2)27(34)24(20(5)12-3)31-28(35)36-29(7,8)9/h4,15-18,20-21,24-25H,10-12,14,19H2,1-3,5-9H3,(H,30,33)(H,31,35). The first-order chi connectivity index (χ1) is 16.9. The first-order valence-corrected chi connectivity index (χ1v) is 13.0. The molecule has 0 aliphatic carbocycles. The molecule has 4 atom stereocenters. The maximum atomic E-state index is 14.0. The number of ether oxygens (including phenoxy) is 1. The van der Waals surface area contributed by atoms with Crippen LogP contribution in [0.15, 0.2) is 24.3 Å². The Morgan fingerprint density at radius 3 is 2.11 bits per heavy atom. The third-order valence-electron chi connectivity index (χ3n) is 5.96. The van der Waals surface area contributed by atoms with Gasteiger partial charge < -0.3 is 20.3 Å². The van der Waals surface area contributed by atoms with Gasteiger partial charge in [0.1, 0.15) is 17.7 Å². The van der Waals surface area contributed by atoms with Crippen molar-refractivity contribution >= 4 is 17.9 Å². The molecule has 0 aliphatic rings. The van der Waals surface area contributed by atoms with Crippen molar-refractivity contribution in [1.82, 2.24) is 15.5 Å². The van der Waals surface area contributed by atoms with Gasteiger partial charge in [-0.15, -0.1) is 6.42 Å². The summed E-state index contributed by atoms with van der Waals surface area (Å²) in [5, 5.41) is 5.85. The minimum atomic E-state index is -0.865. The predicted molar refractivity (Wildman–Crippen MR) is 144 cm³/mol. The van der Waals surface area contributed by atoms with Crippen molar-refractivity contribution in [1.29, 1.82) is 0 Å². The van der Waals surface area contributed by atoms with Gasteiger partial charge in [-0.3, -0.25) is 9.59 Å². The summed E-state index contributed by atoms with van der Waals surface area (Å²) in [4.78, 5) is 41.9. The second kappa shape index (κ2) is 14.5. The molecule has 1 aromatic carbocycles. The first kappa shape index (κ1) is 31.0. The largest absolute Gasteiger partial charge is 0.444 e. The number of nitrogens with one attached hydrogen (secondary N) is 2.